The number of nitrogens with one attached hydrogen (secondary N) is 1. The number of aromatic nitrogens is 1. The molecule has 3 heteroatoms. The van der Waals surface area contributed by atoms with Gasteiger partial charge in [-0.3, -0.25) is 4.90 Å². The SMILES string of the molecule is N#Cc1ccc2c(C3=CCN(Cc4ccccc4)CC3)c[nH]c2c1. The standard InChI is InChI=1S/C21H19N3/c22-13-17-6-7-19-20(14-23-21(19)12-17)18-8-10-24(11-9-18)15-16-4-2-1-3-5-16/h1-8,12,14,23H,9-11,15H2. The predicted molar refractivity (Wildman–Crippen MR) is 97.3 cm³/mol. The van der Waals surface area contributed by atoms with Crippen molar-refractivity contribution in [3.8, 4) is 6.07 Å². The van der Waals surface area contributed by atoms with E-state index in [0.29, 0.717) is 5.56 Å². The zero-order chi connectivity index (χ0) is 16.4. The van der Waals surface area contributed by atoms with Gasteiger partial charge in [0.15, 0.2) is 0 Å². The van der Waals surface area contributed by atoms with E-state index in [1.54, 1.807) is 0 Å². The number of benzene rings is 2. The van der Waals surface area contributed by atoms with Gasteiger partial charge in [0.1, 0.15) is 0 Å². The molecule has 0 unspecified atom stereocenters. The van der Waals surface area contributed by atoms with Crippen molar-refractivity contribution >= 4 is 16.5 Å². The molecule has 4 rings (SSSR count). The second-order valence-electron chi connectivity index (χ2n) is 6.27. The Labute approximate surface area is 141 Å². The molecule has 0 bridgehead atoms. The normalized spacial score (nSPS) is 15.2. The van der Waals surface area contributed by atoms with E-state index < -0.39 is 0 Å². The average Bonchev–Trinajstić information content (AvgIpc) is 3.06. The van der Waals surface area contributed by atoms with Gasteiger partial charge in [0.2, 0.25) is 0 Å². The van der Waals surface area contributed by atoms with Crippen LogP contribution in [0.15, 0.2) is 60.8 Å². The van der Waals surface area contributed by atoms with E-state index in [1.807, 2.05) is 12.1 Å². The molecule has 0 atom stereocenters. The molecule has 118 valence electrons. The zero-order valence-corrected chi connectivity index (χ0v) is 13.5. The summed E-state index contributed by atoms with van der Waals surface area (Å²) in [6.07, 6.45) is 5.47. The molecule has 24 heavy (non-hydrogen) atoms. The van der Waals surface area contributed by atoms with Crippen LogP contribution in [0.4, 0.5) is 0 Å². The lowest BCUT2D eigenvalue weighted by Gasteiger charge is -2.26. The van der Waals surface area contributed by atoms with Crippen molar-refractivity contribution in [3.63, 3.8) is 0 Å². The fourth-order valence-corrected chi connectivity index (χ4v) is 3.40. The van der Waals surface area contributed by atoms with Gasteiger partial charge in [-0.05, 0) is 29.7 Å². The summed E-state index contributed by atoms with van der Waals surface area (Å²) in [4.78, 5) is 5.78. The molecule has 0 amide bonds. The van der Waals surface area contributed by atoms with Crippen LogP contribution in [-0.2, 0) is 6.54 Å². The van der Waals surface area contributed by atoms with E-state index in [4.69, 9.17) is 5.26 Å². The first-order valence-electron chi connectivity index (χ1n) is 8.30. The monoisotopic (exact) mass is 313 g/mol. The highest BCUT2D eigenvalue weighted by atomic mass is 15.1. The van der Waals surface area contributed by atoms with E-state index in [0.717, 1.165) is 31.6 Å². The van der Waals surface area contributed by atoms with E-state index in [1.165, 1.54) is 22.1 Å². The second kappa shape index (κ2) is 6.35. The smallest absolute Gasteiger partial charge is 0.0992 e. The molecule has 1 aliphatic rings. The summed E-state index contributed by atoms with van der Waals surface area (Å²) in [5.74, 6) is 0. The van der Waals surface area contributed by atoms with Crippen LogP contribution in [-0.4, -0.2) is 23.0 Å². The van der Waals surface area contributed by atoms with Gasteiger partial charge in [0.25, 0.3) is 0 Å². The fraction of sp³-hybridized carbons (Fsp3) is 0.190. The average molecular weight is 313 g/mol. The molecule has 0 saturated carbocycles. The lowest BCUT2D eigenvalue weighted by molar-refractivity contribution is 0.294. The molecular weight excluding hydrogens is 294 g/mol. The maximum Gasteiger partial charge on any atom is 0.0992 e. The minimum absolute atomic E-state index is 0.697. The van der Waals surface area contributed by atoms with Crippen LogP contribution in [0.25, 0.3) is 16.5 Å². The van der Waals surface area contributed by atoms with Crippen molar-refractivity contribution < 1.29 is 0 Å². The van der Waals surface area contributed by atoms with Gasteiger partial charge in [-0.15, -0.1) is 0 Å². The third kappa shape index (κ3) is 2.84. The number of aromatic amines is 1. The van der Waals surface area contributed by atoms with Gasteiger partial charge >= 0.3 is 0 Å². The van der Waals surface area contributed by atoms with E-state index in [9.17, 15) is 0 Å². The van der Waals surface area contributed by atoms with Gasteiger partial charge in [-0.2, -0.15) is 5.26 Å². The minimum atomic E-state index is 0.697. The molecule has 0 fully saturated rings. The minimum Gasteiger partial charge on any atom is -0.361 e. The number of H-pyrrole nitrogens is 1. The number of hydrogen-bond acceptors (Lipinski definition) is 2. The molecule has 0 spiro atoms. The summed E-state index contributed by atoms with van der Waals surface area (Å²) < 4.78 is 0. The molecule has 1 N–H and O–H groups in total. The summed E-state index contributed by atoms with van der Waals surface area (Å²) in [6, 6.07) is 18.7. The van der Waals surface area contributed by atoms with Crippen molar-refractivity contribution in [2.75, 3.05) is 13.1 Å². The van der Waals surface area contributed by atoms with Crippen LogP contribution in [0.3, 0.4) is 0 Å². The summed E-state index contributed by atoms with van der Waals surface area (Å²) >= 11 is 0. The Bertz CT molecular complexity index is 929. The highest BCUT2D eigenvalue weighted by Gasteiger charge is 2.15. The number of hydrogen-bond donors (Lipinski definition) is 1. The van der Waals surface area contributed by atoms with Crippen LogP contribution in [0.5, 0.6) is 0 Å². The molecule has 1 aromatic heterocycles. The number of fused-ring (bicyclic) bond motifs is 1. The van der Waals surface area contributed by atoms with Crippen molar-refractivity contribution in [2.24, 2.45) is 0 Å². The maximum absolute atomic E-state index is 9.02. The van der Waals surface area contributed by atoms with Crippen LogP contribution < -0.4 is 0 Å². The predicted octanol–water partition coefficient (Wildman–Crippen LogP) is 4.33. The van der Waals surface area contributed by atoms with Crippen LogP contribution in [0, 0.1) is 11.3 Å². The highest BCUT2D eigenvalue weighted by molar-refractivity contribution is 5.93. The first kappa shape index (κ1) is 14.7. The number of nitriles is 1. The number of rotatable bonds is 3. The molecule has 2 aromatic carbocycles. The molecule has 0 aliphatic carbocycles. The first-order chi connectivity index (χ1) is 11.8. The van der Waals surface area contributed by atoms with Crippen molar-refractivity contribution in [1.82, 2.24) is 9.88 Å². The molecular formula is C21H19N3. The zero-order valence-electron chi connectivity index (χ0n) is 13.5. The molecule has 3 nitrogen and oxygen atoms in total. The fourth-order valence-electron chi connectivity index (χ4n) is 3.40. The Morgan fingerprint density at radius 2 is 2.00 bits per heavy atom. The molecule has 3 aromatic rings. The van der Waals surface area contributed by atoms with E-state index in [2.05, 4.69) is 64.6 Å². The van der Waals surface area contributed by atoms with Crippen molar-refractivity contribution in [3.05, 3.63) is 77.5 Å². The quantitative estimate of drug-likeness (QED) is 0.782. The first-order valence-corrected chi connectivity index (χ1v) is 8.30. The lowest BCUT2D eigenvalue weighted by atomic mass is 9.98. The molecule has 0 radical (unpaired) electrons. The molecule has 0 saturated heterocycles. The van der Waals surface area contributed by atoms with Crippen LogP contribution >= 0.6 is 0 Å². The van der Waals surface area contributed by atoms with Gasteiger partial charge in [-0.25, -0.2) is 0 Å². The molecule has 2 heterocycles. The summed E-state index contributed by atoms with van der Waals surface area (Å²) in [6.45, 7) is 3.06. The van der Waals surface area contributed by atoms with Crippen molar-refractivity contribution in [2.45, 2.75) is 13.0 Å². The Morgan fingerprint density at radius 3 is 2.75 bits per heavy atom. The van der Waals surface area contributed by atoms with Crippen LogP contribution in [0.1, 0.15) is 23.1 Å². The largest absolute Gasteiger partial charge is 0.361 e. The van der Waals surface area contributed by atoms with Crippen LogP contribution in [0.2, 0.25) is 0 Å². The van der Waals surface area contributed by atoms with Gasteiger partial charge in [-0.1, -0.05) is 42.5 Å². The van der Waals surface area contributed by atoms with Gasteiger partial charge in [0, 0.05) is 42.3 Å². The highest BCUT2D eigenvalue weighted by Crippen LogP contribution is 2.30. The topological polar surface area (TPSA) is 42.8 Å². The second-order valence-corrected chi connectivity index (χ2v) is 6.27. The summed E-state index contributed by atoms with van der Waals surface area (Å²) in [5, 5.41) is 10.2. The Hall–Kier alpha value is -2.83. The van der Waals surface area contributed by atoms with Crippen molar-refractivity contribution in [1.29, 1.82) is 5.26 Å². The summed E-state index contributed by atoms with van der Waals surface area (Å²) in [5.41, 5.74) is 5.77. The third-order valence-corrected chi connectivity index (χ3v) is 4.70. The lowest BCUT2D eigenvalue weighted by Crippen LogP contribution is -2.27. The van der Waals surface area contributed by atoms with E-state index >= 15 is 0 Å². The van der Waals surface area contributed by atoms with Gasteiger partial charge < -0.3 is 4.98 Å². The summed E-state index contributed by atoms with van der Waals surface area (Å²) in [7, 11) is 0. The van der Waals surface area contributed by atoms with Gasteiger partial charge in [0.05, 0.1) is 11.6 Å². The third-order valence-electron chi connectivity index (χ3n) is 4.70. The molecule has 1 aliphatic heterocycles. The Kier molecular flexibility index (Phi) is 3.90. The van der Waals surface area contributed by atoms with E-state index in [-0.39, 0.29) is 0 Å². The maximum atomic E-state index is 9.02. The number of nitrogens with zero attached hydrogens (tertiary/aromatic N) is 2. The Balaban J connectivity index is 1.53. The Morgan fingerprint density at radius 1 is 1.12 bits per heavy atom.